The van der Waals surface area contributed by atoms with Crippen LogP contribution in [0.4, 0.5) is 10.1 Å². The summed E-state index contributed by atoms with van der Waals surface area (Å²) in [6.07, 6.45) is 0.486. The summed E-state index contributed by atoms with van der Waals surface area (Å²) < 4.78 is 13.4. The van der Waals surface area contributed by atoms with E-state index in [4.69, 9.17) is 0 Å². The molecule has 1 saturated heterocycles. The molecule has 3 aromatic rings. The molecule has 1 aliphatic rings. The Morgan fingerprint density at radius 1 is 1.15 bits per heavy atom. The molecule has 0 aromatic heterocycles. The lowest BCUT2D eigenvalue weighted by Crippen LogP contribution is -2.43. The first kappa shape index (κ1) is 23.0. The number of amides is 2. The maximum atomic E-state index is 13.4. The van der Waals surface area contributed by atoms with Crippen molar-refractivity contribution >= 4 is 28.3 Å². The molecule has 0 saturated carbocycles. The van der Waals surface area contributed by atoms with Crippen molar-refractivity contribution in [2.45, 2.75) is 12.5 Å². The molecule has 1 heterocycles. The van der Waals surface area contributed by atoms with Crippen LogP contribution in [0.3, 0.4) is 0 Å². The number of likely N-dealkylation sites (N-methyl/N-ethyl adjacent to an activating group) is 1. The van der Waals surface area contributed by atoms with Gasteiger partial charge in [0.1, 0.15) is 11.9 Å². The Bertz CT molecular complexity index is 1280. The maximum absolute atomic E-state index is 13.4. The van der Waals surface area contributed by atoms with Gasteiger partial charge in [-0.2, -0.15) is 5.26 Å². The van der Waals surface area contributed by atoms with Gasteiger partial charge in [0.25, 0.3) is 5.91 Å². The van der Waals surface area contributed by atoms with E-state index in [1.807, 2.05) is 30.3 Å². The summed E-state index contributed by atoms with van der Waals surface area (Å²) in [7, 11) is 1.56. The minimum absolute atomic E-state index is 0.0734. The fourth-order valence-electron chi connectivity index (χ4n) is 4.23. The largest absolute Gasteiger partial charge is 0.359 e. The molecule has 172 valence electrons. The second-order valence-electron chi connectivity index (χ2n) is 8.51. The predicted molar refractivity (Wildman–Crippen MR) is 129 cm³/mol. The molecular formula is C27H25FN4O2. The van der Waals surface area contributed by atoms with E-state index in [1.165, 1.54) is 21.9 Å². The summed E-state index contributed by atoms with van der Waals surface area (Å²) in [5.74, 6) is -1.03. The summed E-state index contributed by atoms with van der Waals surface area (Å²) in [4.78, 5) is 28.8. The van der Waals surface area contributed by atoms with Crippen LogP contribution in [-0.2, 0) is 4.79 Å². The Hall–Kier alpha value is -4.18. The Morgan fingerprint density at radius 2 is 1.85 bits per heavy atom. The van der Waals surface area contributed by atoms with E-state index in [2.05, 4.69) is 18.0 Å². The zero-order valence-electron chi connectivity index (χ0n) is 18.9. The first-order valence-electron chi connectivity index (χ1n) is 11.0. The van der Waals surface area contributed by atoms with Gasteiger partial charge in [0, 0.05) is 36.5 Å². The normalized spacial score (nSPS) is 17.3. The third kappa shape index (κ3) is 4.91. The van der Waals surface area contributed by atoms with E-state index in [9.17, 15) is 19.2 Å². The molecule has 2 amide bonds. The summed E-state index contributed by atoms with van der Waals surface area (Å²) in [5.41, 5.74) is 2.05. The Morgan fingerprint density at radius 3 is 2.59 bits per heavy atom. The highest BCUT2D eigenvalue weighted by Crippen LogP contribution is 2.29. The summed E-state index contributed by atoms with van der Waals surface area (Å²) >= 11 is 0. The van der Waals surface area contributed by atoms with Gasteiger partial charge in [-0.1, -0.05) is 36.9 Å². The van der Waals surface area contributed by atoms with E-state index in [0.717, 1.165) is 16.8 Å². The summed E-state index contributed by atoms with van der Waals surface area (Å²) in [5, 5.41) is 14.3. The molecule has 34 heavy (non-hydrogen) atoms. The predicted octanol–water partition coefficient (Wildman–Crippen LogP) is 4.42. The first-order valence-corrected chi connectivity index (χ1v) is 11.0. The van der Waals surface area contributed by atoms with Gasteiger partial charge in [0.15, 0.2) is 0 Å². The number of carbonyl (C=O) groups excluding carboxylic acids is 2. The number of carbonyl (C=O) groups is 2. The van der Waals surface area contributed by atoms with Crippen LogP contribution in [0.15, 0.2) is 79.0 Å². The van der Waals surface area contributed by atoms with E-state index in [-0.39, 0.29) is 30.1 Å². The molecule has 0 radical (unpaired) electrons. The standard InChI is InChI=1S/C27H25FN4O2/c1-18(30-24-6-4-3-5-7-24)22-14-25(15-29)32(16-22)26(33)17-31(2)27(34)21-9-8-20-13-23(28)11-10-19(20)12-21/h3-13,22,25,30H,1,14,16-17H2,2H3. The van der Waals surface area contributed by atoms with E-state index in [0.29, 0.717) is 23.9 Å². The van der Waals surface area contributed by atoms with Crippen LogP contribution in [0.5, 0.6) is 0 Å². The summed E-state index contributed by atoms with van der Waals surface area (Å²) in [6.45, 7) is 4.32. The second kappa shape index (κ2) is 9.75. The number of para-hydroxylation sites is 1. The molecule has 0 spiro atoms. The highest BCUT2D eigenvalue weighted by atomic mass is 19.1. The van der Waals surface area contributed by atoms with Crippen LogP contribution in [0, 0.1) is 23.1 Å². The molecule has 0 aliphatic carbocycles. The van der Waals surface area contributed by atoms with Crippen LogP contribution in [0.1, 0.15) is 16.8 Å². The lowest BCUT2D eigenvalue weighted by molar-refractivity contribution is -0.131. The molecule has 4 rings (SSSR count). The van der Waals surface area contributed by atoms with Gasteiger partial charge in [-0.25, -0.2) is 4.39 Å². The van der Waals surface area contributed by atoms with Crippen molar-refractivity contribution in [2.75, 3.05) is 25.5 Å². The van der Waals surface area contributed by atoms with Gasteiger partial charge >= 0.3 is 0 Å². The number of likely N-dealkylation sites (tertiary alicyclic amines) is 1. The molecule has 6 nitrogen and oxygen atoms in total. The van der Waals surface area contributed by atoms with Crippen molar-refractivity contribution in [3.05, 3.63) is 90.4 Å². The molecule has 1 fully saturated rings. The van der Waals surface area contributed by atoms with Gasteiger partial charge in [0.05, 0.1) is 12.6 Å². The third-order valence-electron chi connectivity index (χ3n) is 6.11. The molecule has 2 unspecified atom stereocenters. The number of hydrogen-bond acceptors (Lipinski definition) is 4. The number of benzene rings is 3. The first-order chi connectivity index (χ1) is 16.4. The van der Waals surface area contributed by atoms with Crippen LogP contribution in [0.25, 0.3) is 10.8 Å². The number of nitriles is 1. The number of nitrogens with one attached hydrogen (secondary N) is 1. The number of nitrogens with zero attached hydrogens (tertiary/aromatic N) is 3. The van der Waals surface area contributed by atoms with Crippen LogP contribution in [0.2, 0.25) is 0 Å². The lowest BCUT2D eigenvalue weighted by Gasteiger charge is -2.24. The van der Waals surface area contributed by atoms with Crippen molar-refractivity contribution in [2.24, 2.45) is 5.92 Å². The van der Waals surface area contributed by atoms with E-state index >= 15 is 0 Å². The van der Waals surface area contributed by atoms with Gasteiger partial charge < -0.3 is 15.1 Å². The SMILES string of the molecule is C=C(Nc1ccccc1)C1CC(C#N)N(C(=O)CN(C)C(=O)c2ccc3cc(F)ccc3c2)C1. The monoisotopic (exact) mass is 456 g/mol. The molecular weight excluding hydrogens is 431 g/mol. The maximum Gasteiger partial charge on any atom is 0.254 e. The smallest absolute Gasteiger partial charge is 0.254 e. The molecule has 0 bridgehead atoms. The number of anilines is 1. The fourth-order valence-corrected chi connectivity index (χ4v) is 4.23. The van der Waals surface area contributed by atoms with E-state index in [1.54, 1.807) is 31.3 Å². The quantitative estimate of drug-likeness (QED) is 0.596. The minimum atomic E-state index is -0.578. The van der Waals surface area contributed by atoms with Gasteiger partial charge in [-0.3, -0.25) is 9.59 Å². The van der Waals surface area contributed by atoms with Gasteiger partial charge in [-0.05, 0) is 53.6 Å². The Balaban J connectivity index is 1.40. The number of fused-ring (bicyclic) bond motifs is 1. The third-order valence-corrected chi connectivity index (χ3v) is 6.11. The van der Waals surface area contributed by atoms with Gasteiger partial charge in [-0.15, -0.1) is 0 Å². The Kier molecular flexibility index (Phi) is 6.60. The second-order valence-corrected chi connectivity index (χ2v) is 8.51. The van der Waals surface area contributed by atoms with Crippen molar-refractivity contribution < 1.29 is 14.0 Å². The number of hydrogen-bond donors (Lipinski definition) is 1. The topological polar surface area (TPSA) is 76.4 Å². The molecule has 3 aromatic carbocycles. The van der Waals surface area contributed by atoms with Crippen molar-refractivity contribution in [3.8, 4) is 6.07 Å². The van der Waals surface area contributed by atoms with Gasteiger partial charge in [0.2, 0.25) is 5.91 Å². The molecule has 1 aliphatic heterocycles. The van der Waals surface area contributed by atoms with Crippen LogP contribution >= 0.6 is 0 Å². The van der Waals surface area contributed by atoms with Crippen molar-refractivity contribution in [3.63, 3.8) is 0 Å². The number of halogens is 1. The zero-order valence-corrected chi connectivity index (χ0v) is 18.9. The number of rotatable bonds is 6. The van der Waals surface area contributed by atoms with Crippen molar-refractivity contribution in [1.82, 2.24) is 9.80 Å². The minimum Gasteiger partial charge on any atom is -0.359 e. The fraction of sp³-hybridized carbons (Fsp3) is 0.222. The average molecular weight is 457 g/mol. The molecule has 1 N–H and O–H groups in total. The highest BCUT2D eigenvalue weighted by molar-refractivity contribution is 6.00. The Labute approximate surface area is 197 Å². The molecule has 7 heteroatoms. The van der Waals surface area contributed by atoms with E-state index < -0.39 is 6.04 Å². The van der Waals surface area contributed by atoms with Crippen molar-refractivity contribution in [1.29, 1.82) is 5.26 Å². The zero-order chi connectivity index (χ0) is 24.2. The lowest BCUT2D eigenvalue weighted by atomic mass is 10.0. The summed E-state index contributed by atoms with van der Waals surface area (Å²) in [6, 6.07) is 20.6. The average Bonchev–Trinajstić information content (AvgIpc) is 3.29. The van der Waals surface area contributed by atoms with Crippen LogP contribution < -0.4 is 5.32 Å². The highest BCUT2D eigenvalue weighted by Gasteiger charge is 2.37. The van der Waals surface area contributed by atoms with Crippen LogP contribution in [-0.4, -0.2) is 47.8 Å². The molecule has 2 atom stereocenters.